The number of aliphatic hydroxyl groups excluding tert-OH is 1. The van der Waals surface area contributed by atoms with Gasteiger partial charge in [-0.15, -0.1) is 0 Å². The zero-order chi connectivity index (χ0) is 18.6. The molecule has 1 heterocycles. The number of ether oxygens (including phenoxy) is 1. The van der Waals surface area contributed by atoms with Gasteiger partial charge in [-0.1, -0.05) is 43.5 Å². The van der Waals surface area contributed by atoms with Gasteiger partial charge >= 0.3 is 0 Å². The van der Waals surface area contributed by atoms with Crippen molar-refractivity contribution in [1.29, 1.82) is 0 Å². The summed E-state index contributed by atoms with van der Waals surface area (Å²) < 4.78 is 8.92. The first-order valence-corrected chi connectivity index (χ1v) is 10.5. The molecule has 1 aromatic heterocycles. The SMILES string of the molecule is OC(COc1ccccc1Br)Cn1c(C2CCCCC2)nc2ccccc21. The van der Waals surface area contributed by atoms with E-state index in [1.165, 1.54) is 32.1 Å². The van der Waals surface area contributed by atoms with E-state index in [0.29, 0.717) is 12.5 Å². The summed E-state index contributed by atoms with van der Waals surface area (Å²) >= 11 is 3.48. The summed E-state index contributed by atoms with van der Waals surface area (Å²) in [5, 5.41) is 10.7. The molecule has 0 saturated heterocycles. The van der Waals surface area contributed by atoms with Crippen molar-refractivity contribution in [2.75, 3.05) is 6.61 Å². The van der Waals surface area contributed by atoms with Crippen molar-refractivity contribution in [3.05, 3.63) is 58.8 Å². The van der Waals surface area contributed by atoms with Gasteiger partial charge in [0.1, 0.15) is 24.3 Å². The highest BCUT2D eigenvalue weighted by molar-refractivity contribution is 9.10. The Morgan fingerprint density at radius 3 is 2.63 bits per heavy atom. The Kier molecular flexibility index (Phi) is 5.79. The molecule has 0 spiro atoms. The van der Waals surface area contributed by atoms with Crippen LogP contribution in [0.3, 0.4) is 0 Å². The monoisotopic (exact) mass is 428 g/mol. The van der Waals surface area contributed by atoms with Gasteiger partial charge in [0.05, 0.1) is 22.1 Å². The van der Waals surface area contributed by atoms with Gasteiger partial charge in [-0.25, -0.2) is 4.98 Å². The molecule has 0 bridgehead atoms. The second kappa shape index (κ2) is 8.44. The van der Waals surface area contributed by atoms with E-state index in [0.717, 1.165) is 27.1 Å². The summed E-state index contributed by atoms with van der Waals surface area (Å²) in [6.07, 6.45) is 5.62. The zero-order valence-corrected chi connectivity index (χ0v) is 16.9. The van der Waals surface area contributed by atoms with E-state index in [4.69, 9.17) is 9.72 Å². The Labute approximate surface area is 168 Å². The largest absolute Gasteiger partial charge is 0.490 e. The lowest BCUT2D eigenvalue weighted by molar-refractivity contribution is 0.0918. The fraction of sp³-hybridized carbons (Fsp3) is 0.409. The molecular weight excluding hydrogens is 404 g/mol. The van der Waals surface area contributed by atoms with Gasteiger partial charge in [0.2, 0.25) is 0 Å². The fourth-order valence-corrected chi connectivity index (χ4v) is 4.37. The lowest BCUT2D eigenvalue weighted by Gasteiger charge is -2.23. The fourth-order valence-electron chi connectivity index (χ4n) is 3.97. The maximum atomic E-state index is 10.7. The second-order valence-corrected chi connectivity index (χ2v) is 8.15. The molecule has 5 heteroatoms. The zero-order valence-electron chi connectivity index (χ0n) is 15.4. The molecule has 4 nitrogen and oxygen atoms in total. The Morgan fingerprint density at radius 2 is 1.81 bits per heavy atom. The van der Waals surface area contributed by atoms with Gasteiger partial charge < -0.3 is 14.4 Å². The first-order chi connectivity index (χ1) is 13.2. The minimum absolute atomic E-state index is 0.249. The molecule has 4 rings (SSSR count). The number of aromatic nitrogens is 2. The average molecular weight is 429 g/mol. The molecule has 1 saturated carbocycles. The number of hydrogen-bond donors (Lipinski definition) is 1. The first-order valence-electron chi connectivity index (χ1n) is 9.73. The third kappa shape index (κ3) is 4.19. The van der Waals surface area contributed by atoms with Gasteiger partial charge in [0.25, 0.3) is 0 Å². The summed E-state index contributed by atoms with van der Waals surface area (Å²) in [6, 6.07) is 15.9. The predicted octanol–water partition coefficient (Wildman–Crippen LogP) is 5.29. The molecule has 1 aliphatic rings. The Bertz CT molecular complexity index is 902. The Hall–Kier alpha value is -1.85. The molecule has 0 amide bonds. The third-order valence-electron chi connectivity index (χ3n) is 5.32. The van der Waals surface area contributed by atoms with Crippen LogP contribution in [-0.4, -0.2) is 27.4 Å². The minimum atomic E-state index is -0.600. The number of benzene rings is 2. The quantitative estimate of drug-likeness (QED) is 0.580. The number of para-hydroxylation sites is 3. The molecule has 2 aromatic carbocycles. The molecule has 0 radical (unpaired) electrons. The highest BCUT2D eigenvalue weighted by Crippen LogP contribution is 2.34. The topological polar surface area (TPSA) is 47.3 Å². The number of halogens is 1. The summed E-state index contributed by atoms with van der Waals surface area (Å²) in [4.78, 5) is 4.93. The summed E-state index contributed by atoms with van der Waals surface area (Å²) in [7, 11) is 0. The molecule has 3 aromatic rings. The van der Waals surface area contributed by atoms with Gasteiger partial charge in [-0.05, 0) is 53.0 Å². The average Bonchev–Trinajstić information content (AvgIpc) is 3.06. The van der Waals surface area contributed by atoms with Crippen molar-refractivity contribution >= 4 is 27.0 Å². The van der Waals surface area contributed by atoms with Crippen molar-refractivity contribution in [3.63, 3.8) is 0 Å². The highest BCUT2D eigenvalue weighted by Gasteiger charge is 2.23. The van der Waals surface area contributed by atoms with Gasteiger partial charge in [-0.3, -0.25) is 0 Å². The number of rotatable bonds is 6. The molecule has 1 unspecified atom stereocenters. The van der Waals surface area contributed by atoms with Gasteiger partial charge in [0.15, 0.2) is 0 Å². The normalized spacial score (nSPS) is 16.5. The van der Waals surface area contributed by atoms with Crippen LogP contribution in [0.25, 0.3) is 11.0 Å². The summed E-state index contributed by atoms with van der Waals surface area (Å²) in [6.45, 7) is 0.746. The summed E-state index contributed by atoms with van der Waals surface area (Å²) in [5.74, 6) is 2.36. The molecule has 1 N–H and O–H groups in total. The smallest absolute Gasteiger partial charge is 0.133 e. The van der Waals surface area contributed by atoms with E-state index in [1.807, 2.05) is 36.4 Å². The van der Waals surface area contributed by atoms with Crippen LogP contribution in [0.1, 0.15) is 43.8 Å². The van der Waals surface area contributed by atoms with Crippen LogP contribution in [0.5, 0.6) is 5.75 Å². The second-order valence-electron chi connectivity index (χ2n) is 7.30. The van der Waals surface area contributed by atoms with Crippen LogP contribution in [0.2, 0.25) is 0 Å². The maximum absolute atomic E-state index is 10.7. The molecular formula is C22H25BrN2O2. The van der Waals surface area contributed by atoms with Crippen LogP contribution in [0.4, 0.5) is 0 Å². The molecule has 142 valence electrons. The van der Waals surface area contributed by atoms with Crippen molar-refractivity contribution in [1.82, 2.24) is 9.55 Å². The predicted molar refractivity (Wildman–Crippen MR) is 111 cm³/mol. The van der Waals surface area contributed by atoms with Gasteiger partial charge in [-0.2, -0.15) is 0 Å². The first kappa shape index (κ1) is 18.5. The maximum Gasteiger partial charge on any atom is 0.133 e. The Morgan fingerprint density at radius 1 is 1.07 bits per heavy atom. The van der Waals surface area contributed by atoms with Gasteiger partial charge in [0, 0.05) is 5.92 Å². The van der Waals surface area contributed by atoms with Crippen molar-refractivity contribution in [3.8, 4) is 5.75 Å². The number of aliphatic hydroxyl groups is 1. The minimum Gasteiger partial charge on any atom is -0.490 e. The van der Waals surface area contributed by atoms with E-state index in [1.54, 1.807) is 0 Å². The lowest BCUT2D eigenvalue weighted by Crippen LogP contribution is -2.25. The molecule has 0 aliphatic heterocycles. The standard InChI is InChI=1S/C22H25BrN2O2/c23-18-10-4-7-13-21(18)27-15-17(26)14-25-20-12-6-5-11-19(20)24-22(25)16-8-2-1-3-9-16/h4-7,10-13,16-17,26H,1-3,8-9,14-15H2. The number of hydrogen-bond acceptors (Lipinski definition) is 3. The van der Waals surface area contributed by atoms with Crippen LogP contribution >= 0.6 is 15.9 Å². The van der Waals surface area contributed by atoms with E-state index in [-0.39, 0.29) is 6.61 Å². The number of fused-ring (bicyclic) bond motifs is 1. The number of nitrogens with zero attached hydrogens (tertiary/aromatic N) is 2. The molecule has 27 heavy (non-hydrogen) atoms. The van der Waals surface area contributed by atoms with Crippen LogP contribution in [0.15, 0.2) is 53.0 Å². The lowest BCUT2D eigenvalue weighted by atomic mass is 9.88. The number of imidazole rings is 1. The third-order valence-corrected chi connectivity index (χ3v) is 5.97. The molecule has 1 fully saturated rings. The van der Waals surface area contributed by atoms with Crippen LogP contribution < -0.4 is 4.74 Å². The molecule has 1 aliphatic carbocycles. The van der Waals surface area contributed by atoms with Crippen molar-refractivity contribution < 1.29 is 9.84 Å². The van der Waals surface area contributed by atoms with E-state index in [2.05, 4.69) is 32.6 Å². The van der Waals surface area contributed by atoms with E-state index >= 15 is 0 Å². The Balaban J connectivity index is 1.54. The molecule has 1 atom stereocenters. The van der Waals surface area contributed by atoms with Crippen molar-refractivity contribution in [2.45, 2.75) is 50.7 Å². The summed E-state index contributed by atoms with van der Waals surface area (Å²) in [5.41, 5.74) is 2.11. The van der Waals surface area contributed by atoms with E-state index in [9.17, 15) is 5.11 Å². The van der Waals surface area contributed by atoms with Crippen LogP contribution in [0, 0.1) is 0 Å². The van der Waals surface area contributed by atoms with E-state index < -0.39 is 6.10 Å². The highest BCUT2D eigenvalue weighted by atomic mass is 79.9. The van der Waals surface area contributed by atoms with Crippen LogP contribution in [-0.2, 0) is 6.54 Å². The van der Waals surface area contributed by atoms with Crippen molar-refractivity contribution in [2.24, 2.45) is 0 Å².